The van der Waals surface area contributed by atoms with E-state index in [2.05, 4.69) is 20.3 Å². The lowest BCUT2D eigenvalue weighted by atomic mass is 10.2. The van der Waals surface area contributed by atoms with Crippen LogP contribution in [0.5, 0.6) is 0 Å². The van der Waals surface area contributed by atoms with Crippen molar-refractivity contribution in [2.45, 2.75) is 6.54 Å². The summed E-state index contributed by atoms with van der Waals surface area (Å²) in [4.78, 5) is 0. The Morgan fingerprint density at radius 3 is 2.88 bits per heavy atom. The van der Waals surface area contributed by atoms with Gasteiger partial charge in [0.1, 0.15) is 0 Å². The number of rotatable bonds is 3. The third-order valence-electron chi connectivity index (χ3n) is 2.51. The number of nitrogen functional groups attached to an aromatic ring is 1. The Balaban J connectivity index is 1.90. The van der Waals surface area contributed by atoms with Gasteiger partial charge in [0.15, 0.2) is 11.0 Å². The second kappa shape index (κ2) is 3.82. The highest BCUT2D eigenvalue weighted by Gasteiger charge is 2.09. The SMILES string of the molecule is Nc1ccc(NCc2ccoc2)c2nonc12. The van der Waals surface area contributed by atoms with Crippen LogP contribution in [-0.2, 0) is 6.54 Å². The average molecular weight is 230 g/mol. The van der Waals surface area contributed by atoms with Gasteiger partial charge in [0, 0.05) is 12.1 Å². The summed E-state index contributed by atoms with van der Waals surface area (Å²) in [5.41, 5.74) is 9.39. The van der Waals surface area contributed by atoms with Gasteiger partial charge in [0.25, 0.3) is 0 Å². The van der Waals surface area contributed by atoms with E-state index in [0.717, 1.165) is 11.3 Å². The van der Waals surface area contributed by atoms with Crippen molar-refractivity contribution in [3.8, 4) is 0 Å². The third-order valence-corrected chi connectivity index (χ3v) is 2.51. The molecule has 1 aromatic carbocycles. The summed E-state index contributed by atoms with van der Waals surface area (Å²) in [6.45, 7) is 0.641. The number of benzene rings is 1. The zero-order valence-corrected chi connectivity index (χ0v) is 8.88. The van der Waals surface area contributed by atoms with Crippen LogP contribution in [0.4, 0.5) is 11.4 Å². The summed E-state index contributed by atoms with van der Waals surface area (Å²) in [5.74, 6) is 0. The quantitative estimate of drug-likeness (QED) is 0.669. The fourth-order valence-electron chi connectivity index (χ4n) is 1.62. The average Bonchev–Trinajstić information content (AvgIpc) is 2.99. The number of anilines is 2. The van der Waals surface area contributed by atoms with Gasteiger partial charge in [-0.15, -0.1) is 0 Å². The van der Waals surface area contributed by atoms with Crippen molar-refractivity contribution in [3.05, 3.63) is 36.3 Å². The zero-order chi connectivity index (χ0) is 11.7. The molecule has 0 unspecified atom stereocenters. The Morgan fingerprint density at radius 1 is 1.18 bits per heavy atom. The molecule has 6 heteroatoms. The number of furan rings is 1. The Bertz CT molecular complexity index is 630. The van der Waals surface area contributed by atoms with Crippen molar-refractivity contribution in [2.24, 2.45) is 0 Å². The van der Waals surface area contributed by atoms with Crippen molar-refractivity contribution < 1.29 is 9.05 Å². The predicted molar refractivity (Wildman–Crippen MR) is 62.3 cm³/mol. The van der Waals surface area contributed by atoms with E-state index in [0.29, 0.717) is 23.3 Å². The van der Waals surface area contributed by atoms with E-state index < -0.39 is 0 Å². The number of nitrogens with zero attached hydrogens (tertiary/aromatic N) is 2. The van der Waals surface area contributed by atoms with E-state index >= 15 is 0 Å². The van der Waals surface area contributed by atoms with Crippen LogP contribution in [0.15, 0.2) is 39.8 Å². The largest absolute Gasteiger partial charge is 0.472 e. The molecule has 0 spiro atoms. The number of nitrogens with one attached hydrogen (secondary N) is 1. The second-order valence-corrected chi connectivity index (χ2v) is 3.65. The van der Waals surface area contributed by atoms with E-state index in [1.54, 1.807) is 18.6 Å². The molecular weight excluding hydrogens is 220 g/mol. The van der Waals surface area contributed by atoms with Crippen LogP contribution in [0.25, 0.3) is 11.0 Å². The molecule has 3 aromatic rings. The molecule has 0 aliphatic heterocycles. The number of hydrogen-bond acceptors (Lipinski definition) is 6. The van der Waals surface area contributed by atoms with Crippen LogP contribution >= 0.6 is 0 Å². The van der Waals surface area contributed by atoms with Crippen LogP contribution in [0.3, 0.4) is 0 Å². The predicted octanol–water partition coefficient (Wildman–Crippen LogP) is 2.01. The molecule has 86 valence electrons. The van der Waals surface area contributed by atoms with Gasteiger partial charge in [0.2, 0.25) is 0 Å². The first-order valence-electron chi connectivity index (χ1n) is 5.10. The zero-order valence-electron chi connectivity index (χ0n) is 8.88. The minimum Gasteiger partial charge on any atom is -0.472 e. The number of hydrogen-bond donors (Lipinski definition) is 2. The second-order valence-electron chi connectivity index (χ2n) is 3.65. The number of aromatic nitrogens is 2. The van der Waals surface area contributed by atoms with E-state index in [1.807, 2.05) is 12.1 Å². The molecule has 0 atom stereocenters. The van der Waals surface area contributed by atoms with E-state index in [9.17, 15) is 0 Å². The molecule has 0 saturated heterocycles. The number of fused-ring (bicyclic) bond motifs is 1. The molecule has 6 nitrogen and oxygen atoms in total. The molecule has 17 heavy (non-hydrogen) atoms. The molecule has 0 aliphatic rings. The maximum atomic E-state index is 5.76. The molecule has 0 aliphatic carbocycles. The van der Waals surface area contributed by atoms with Crippen LogP contribution in [0.1, 0.15) is 5.56 Å². The first-order valence-corrected chi connectivity index (χ1v) is 5.10. The van der Waals surface area contributed by atoms with Gasteiger partial charge in [-0.1, -0.05) is 0 Å². The van der Waals surface area contributed by atoms with Gasteiger partial charge in [0.05, 0.1) is 23.9 Å². The molecule has 2 aromatic heterocycles. The molecule has 3 rings (SSSR count). The van der Waals surface area contributed by atoms with Crippen LogP contribution in [-0.4, -0.2) is 10.3 Å². The normalized spacial score (nSPS) is 10.8. The minimum atomic E-state index is 0.551. The van der Waals surface area contributed by atoms with Gasteiger partial charge in [-0.2, -0.15) is 0 Å². The standard InChI is InChI=1S/C11H10N4O2/c12-8-1-2-9(11-10(8)14-17-15-11)13-5-7-3-4-16-6-7/h1-4,6,13H,5,12H2. The van der Waals surface area contributed by atoms with Gasteiger partial charge < -0.3 is 15.5 Å². The topological polar surface area (TPSA) is 90.1 Å². The lowest BCUT2D eigenvalue weighted by Gasteiger charge is -2.05. The Hall–Kier alpha value is -2.50. The summed E-state index contributed by atoms with van der Waals surface area (Å²) in [7, 11) is 0. The summed E-state index contributed by atoms with van der Waals surface area (Å²) < 4.78 is 9.67. The van der Waals surface area contributed by atoms with E-state index in [4.69, 9.17) is 10.2 Å². The molecule has 0 amide bonds. The minimum absolute atomic E-state index is 0.551. The molecular formula is C11H10N4O2. The highest BCUT2D eigenvalue weighted by Crippen LogP contribution is 2.25. The molecule has 3 N–H and O–H groups in total. The Labute approximate surface area is 96.4 Å². The number of nitrogens with two attached hydrogens (primary N) is 1. The molecule has 0 radical (unpaired) electrons. The summed E-state index contributed by atoms with van der Waals surface area (Å²) in [6, 6.07) is 5.51. The lowest BCUT2D eigenvalue weighted by Crippen LogP contribution is -1.99. The lowest BCUT2D eigenvalue weighted by molar-refractivity contribution is 0.316. The highest BCUT2D eigenvalue weighted by atomic mass is 16.6. The Morgan fingerprint density at radius 2 is 2.06 bits per heavy atom. The smallest absolute Gasteiger partial charge is 0.160 e. The van der Waals surface area contributed by atoms with Crippen molar-refractivity contribution in [1.29, 1.82) is 0 Å². The van der Waals surface area contributed by atoms with Crippen LogP contribution < -0.4 is 11.1 Å². The van der Waals surface area contributed by atoms with Gasteiger partial charge in [-0.05, 0) is 28.5 Å². The summed E-state index contributed by atoms with van der Waals surface area (Å²) in [6.07, 6.45) is 3.32. The van der Waals surface area contributed by atoms with Gasteiger partial charge >= 0.3 is 0 Å². The van der Waals surface area contributed by atoms with Crippen molar-refractivity contribution in [3.63, 3.8) is 0 Å². The Kier molecular flexibility index (Phi) is 2.18. The van der Waals surface area contributed by atoms with Gasteiger partial charge in [-0.25, -0.2) is 4.63 Å². The molecule has 0 bridgehead atoms. The monoisotopic (exact) mass is 230 g/mol. The first-order chi connectivity index (χ1) is 8.34. The van der Waals surface area contributed by atoms with Gasteiger partial charge in [-0.3, -0.25) is 0 Å². The molecule has 2 heterocycles. The summed E-state index contributed by atoms with van der Waals surface area (Å²) in [5, 5.41) is 10.8. The summed E-state index contributed by atoms with van der Waals surface area (Å²) >= 11 is 0. The fourth-order valence-corrected chi connectivity index (χ4v) is 1.62. The maximum absolute atomic E-state index is 5.76. The van der Waals surface area contributed by atoms with E-state index in [1.165, 1.54) is 0 Å². The first kappa shape index (κ1) is 9.71. The van der Waals surface area contributed by atoms with Crippen molar-refractivity contribution >= 4 is 22.4 Å². The highest BCUT2D eigenvalue weighted by molar-refractivity contribution is 5.94. The molecule has 0 fully saturated rings. The molecule has 0 saturated carbocycles. The maximum Gasteiger partial charge on any atom is 0.160 e. The van der Waals surface area contributed by atoms with Crippen molar-refractivity contribution in [1.82, 2.24) is 10.3 Å². The van der Waals surface area contributed by atoms with Crippen molar-refractivity contribution in [2.75, 3.05) is 11.1 Å². The van der Waals surface area contributed by atoms with Crippen LogP contribution in [0, 0.1) is 0 Å². The van der Waals surface area contributed by atoms with Crippen LogP contribution in [0.2, 0.25) is 0 Å². The third kappa shape index (κ3) is 1.69. The van der Waals surface area contributed by atoms with E-state index in [-0.39, 0.29) is 0 Å². The fraction of sp³-hybridized carbons (Fsp3) is 0.0909.